The van der Waals surface area contributed by atoms with E-state index in [1.54, 1.807) is 24.3 Å². The molecule has 0 aliphatic carbocycles. The van der Waals surface area contributed by atoms with Gasteiger partial charge in [0.2, 0.25) is 0 Å². The van der Waals surface area contributed by atoms with Gasteiger partial charge in [-0.1, -0.05) is 6.07 Å². The second-order valence-electron chi connectivity index (χ2n) is 10.8. The van der Waals surface area contributed by atoms with Crippen LogP contribution < -0.4 is 25.8 Å². The lowest BCUT2D eigenvalue weighted by Gasteiger charge is -2.44. The summed E-state index contributed by atoms with van der Waals surface area (Å²) in [6.07, 6.45) is -3.92. The summed E-state index contributed by atoms with van der Waals surface area (Å²) in [6, 6.07) is 19.9. The predicted molar refractivity (Wildman–Crippen MR) is 156 cm³/mol. The average molecular weight is 607 g/mol. The van der Waals surface area contributed by atoms with Crippen LogP contribution in [0.5, 0.6) is 5.75 Å². The SMILES string of the molecule is O=C(Nc1ccc(OC(F)(F)F)cc1)c1ccc(N2CC3CC(C2)c2cccc(=O)n2C3)c(NC(=O)c2ccc(F)cc2)c1. The van der Waals surface area contributed by atoms with Crippen molar-refractivity contribution in [1.82, 2.24) is 4.57 Å². The van der Waals surface area contributed by atoms with Crippen molar-refractivity contribution in [2.75, 3.05) is 28.6 Å². The van der Waals surface area contributed by atoms with Crippen LogP contribution >= 0.6 is 0 Å². The maximum atomic E-state index is 13.5. The van der Waals surface area contributed by atoms with Crippen LogP contribution in [-0.2, 0) is 6.54 Å². The number of halogens is 4. The van der Waals surface area contributed by atoms with Gasteiger partial charge in [-0.25, -0.2) is 4.39 Å². The average Bonchev–Trinajstić information content (AvgIpc) is 2.98. The molecule has 3 heterocycles. The third-order valence-corrected chi connectivity index (χ3v) is 7.78. The van der Waals surface area contributed by atoms with Crippen molar-refractivity contribution >= 4 is 28.9 Å². The number of carbonyl (C=O) groups is 2. The number of hydrogen-bond donors (Lipinski definition) is 2. The number of fused-ring (bicyclic) bond motifs is 4. The van der Waals surface area contributed by atoms with E-state index in [-0.39, 0.29) is 34.2 Å². The fourth-order valence-electron chi connectivity index (χ4n) is 5.89. The van der Waals surface area contributed by atoms with E-state index >= 15 is 0 Å². The Labute approximate surface area is 248 Å². The number of alkyl halides is 3. The van der Waals surface area contributed by atoms with Gasteiger partial charge in [0.1, 0.15) is 11.6 Å². The van der Waals surface area contributed by atoms with E-state index < -0.39 is 29.7 Å². The third-order valence-electron chi connectivity index (χ3n) is 7.78. The summed E-state index contributed by atoms with van der Waals surface area (Å²) in [6.45, 7) is 1.78. The Hall–Kier alpha value is -5.13. The predicted octanol–water partition coefficient (Wildman–Crippen LogP) is 6.01. The van der Waals surface area contributed by atoms with Gasteiger partial charge in [0.25, 0.3) is 17.4 Å². The number of amides is 2. The van der Waals surface area contributed by atoms with Crippen LogP contribution in [0.1, 0.15) is 38.7 Å². The zero-order valence-electron chi connectivity index (χ0n) is 23.1. The van der Waals surface area contributed by atoms with Crippen LogP contribution in [0.4, 0.5) is 34.6 Å². The highest BCUT2D eigenvalue weighted by atomic mass is 19.4. The fourth-order valence-corrected chi connectivity index (χ4v) is 5.89. The first-order valence-electron chi connectivity index (χ1n) is 13.9. The lowest BCUT2D eigenvalue weighted by Crippen LogP contribution is -2.47. The van der Waals surface area contributed by atoms with Gasteiger partial charge in [-0.3, -0.25) is 14.4 Å². The van der Waals surface area contributed by atoms with E-state index in [2.05, 4.69) is 20.3 Å². The van der Waals surface area contributed by atoms with Gasteiger partial charge in [0.15, 0.2) is 0 Å². The van der Waals surface area contributed by atoms with E-state index in [1.165, 1.54) is 42.5 Å². The topological polar surface area (TPSA) is 92.7 Å². The van der Waals surface area contributed by atoms with Gasteiger partial charge in [-0.15, -0.1) is 13.2 Å². The Morgan fingerprint density at radius 1 is 0.818 bits per heavy atom. The molecule has 2 N–H and O–H groups in total. The molecule has 8 nitrogen and oxygen atoms in total. The Morgan fingerprint density at radius 2 is 1.52 bits per heavy atom. The maximum absolute atomic E-state index is 13.5. The van der Waals surface area contributed by atoms with Gasteiger partial charge in [-0.05, 0) is 85.1 Å². The lowest BCUT2D eigenvalue weighted by atomic mass is 9.83. The van der Waals surface area contributed by atoms with Crippen molar-refractivity contribution in [3.8, 4) is 5.75 Å². The number of rotatable bonds is 6. The molecular formula is C32H26F4N4O4. The molecule has 2 atom stereocenters. The molecule has 1 saturated heterocycles. The Balaban J connectivity index is 1.28. The Morgan fingerprint density at radius 3 is 2.25 bits per heavy atom. The molecule has 1 fully saturated rings. The van der Waals surface area contributed by atoms with Crippen molar-refractivity contribution in [1.29, 1.82) is 0 Å². The van der Waals surface area contributed by atoms with Crippen molar-refractivity contribution < 1.29 is 31.9 Å². The van der Waals surface area contributed by atoms with Crippen LogP contribution in [0.15, 0.2) is 89.7 Å². The number of benzene rings is 3. The molecule has 2 bridgehead atoms. The zero-order valence-corrected chi connectivity index (χ0v) is 23.1. The van der Waals surface area contributed by atoms with Crippen LogP contribution in [0.25, 0.3) is 0 Å². The van der Waals surface area contributed by atoms with Crippen LogP contribution in [-0.4, -0.2) is 35.8 Å². The molecule has 0 radical (unpaired) electrons. The van der Waals surface area contributed by atoms with Crippen molar-refractivity contribution in [3.05, 3.63) is 118 Å². The molecule has 0 spiro atoms. The number of carbonyl (C=O) groups excluding carboxylic acids is 2. The number of pyridine rings is 1. The number of aromatic nitrogens is 1. The van der Waals surface area contributed by atoms with E-state index in [9.17, 15) is 31.9 Å². The molecule has 2 amide bonds. The number of hydrogen-bond acceptors (Lipinski definition) is 5. The minimum Gasteiger partial charge on any atom is -0.406 e. The Kier molecular flexibility index (Phi) is 7.58. The summed E-state index contributed by atoms with van der Waals surface area (Å²) in [4.78, 5) is 40.9. The minimum atomic E-state index is -4.84. The quantitative estimate of drug-likeness (QED) is 0.262. The molecule has 2 aliphatic rings. The lowest BCUT2D eigenvalue weighted by molar-refractivity contribution is -0.274. The molecule has 12 heteroatoms. The highest BCUT2D eigenvalue weighted by Gasteiger charge is 2.35. The molecule has 6 rings (SSSR count). The first-order chi connectivity index (χ1) is 21.0. The first-order valence-corrected chi connectivity index (χ1v) is 13.9. The van der Waals surface area contributed by atoms with E-state index in [0.29, 0.717) is 31.0 Å². The monoisotopic (exact) mass is 606 g/mol. The summed E-state index contributed by atoms with van der Waals surface area (Å²) in [5, 5.41) is 5.50. The normalized spacial score (nSPS) is 17.4. The second kappa shape index (κ2) is 11.5. The summed E-state index contributed by atoms with van der Waals surface area (Å²) in [5.74, 6) is -1.69. The van der Waals surface area contributed by atoms with Crippen molar-refractivity contribution in [2.45, 2.75) is 25.2 Å². The Bertz CT molecular complexity index is 1770. The van der Waals surface area contributed by atoms with E-state index in [4.69, 9.17) is 0 Å². The van der Waals surface area contributed by atoms with Gasteiger partial charge >= 0.3 is 6.36 Å². The minimum absolute atomic E-state index is 0.0317. The smallest absolute Gasteiger partial charge is 0.406 e. The number of piperidine rings is 1. The molecule has 4 aromatic rings. The number of ether oxygens (including phenoxy) is 1. The number of anilines is 3. The third kappa shape index (κ3) is 6.29. The molecule has 2 unspecified atom stereocenters. The first kappa shape index (κ1) is 29.0. The largest absolute Gasteiger partial charge is 0.573 e. The fraction of sp³-hybridized carbons (Fsp3) is 0.219. The molecule has 3 aromatic carbocycles. The summed E-state index contributed by atoms with van der Waals surface area (Å²) < 4.78 is 56.6. The van der Waals surface area contributed by atoms with Gasteiger partial charge in [0, 0.05) is 54.1 Å². The number of nitrogens with zero attached hydrogens (tertiary/aromatic N) is 2. The van der Waals surface area contributed by atoms with E-state index in [0.717, 1.165) is 24.2 Å². The van der Waals surface area contributed by atoms with Crippen LogP contribution in [0.3, 0.4) is 0 Å². The number of nitrogens with one attached hydrogen (secondary N) is 2. The van der Waals surface area contributed by atoms with Crippen molar-refractivity contribution in [3.63, 3.8) is 0 Å². The van der Waals surface area contributed by atoms with Crippen LogP contribution in [0, 0.1) is 11.7 Å². The summed E-state index contributed by atoms with van der Waals surface area (Å²) in [7, 11) is 0. The van der Waals surface area contributed by atoms with Gasteiger partial charge in [-0.2, -0.15) is 0 Å². The van der Waals surface area contributed by atoms with Gasteiger partial charge in [0.05, 0.1) is 11.4 Å². The zero-order chi connectivity index (χ0) is 31.0. The standard InChI is InChI=1S/C32H26F4N4O4/c33-23-7-4-20(5-8-23)30(42)38-26-15-21(31(43)37-24-9-11-25(12-10-24)44-32(34,35)36)6-13-28(26)39-16-19-14-22(18-39)27-2-1-3-29(41)40(27)17-19/h1-13,15,19,22H,14,16-18H2,(H,37,43)(H,38,42). The highest BCUT2D eigenvalue weighted by Crippen LogP contribution is 2.39. The van der Waals surface area contributed by atoms with Crippen LogP contribution in [0.2, 0.25) is 0 Å². The molecule has 44 heavy (non-hydrogen) atoms. The van der Waals surface area contributed by atoms with E-state index in [1.807, 2.05) is 10.6 Å². The summed E-state index contributed by atoms with van der Waals surface area (Å²) >= 11 is 0. The second-order valence-corrected chi connectivity index (χ2v) is 10.8. The maximum Gasteiger partial charge on any atom is 0.573 e. The van der Waals surface area contributed by atoms with Gasteiger partial charge < -0.3 is 24.8 Å². The molecule has 1 aromatic heterocycles. The molecule has 0 saturated carbocycles. The molecule has 226 valence electrons. The highest BCUT2D eigenvalue weighted by molar-refractivity contribution is 6.09. The molecular weight excluding hydrogens is 580 g/mol. The summed E-state index contributed by atoms with van der Waals surface area (Å²) in [5.41, 5.74) is 2.60. The van der Waals surface area contributed by atoms with Crippen molar-refractivity contribution in [2.24, 2.45) is 5.92 Å². The molecule has 2 aliphatic heterocycles.